The quantitative estimate of drug-likeness (QED) is 0.514. The number of nitrogens with zero attached hydrogens (tertiary/aromatic N) is 1. The summed E-state index contributed by atoms with van der Waals surface area (Å²) in [4.78, 5) is 7.87. The molecule has 3 aromatic carbocycles. The van der Waals surface area contributed by atoms with Gasteiger partial charge in [-0.15, -0.1) is 0 Å². The third kappa shape index (κ3) is 3.44. The van der Waals surface area contributed by atoms with Crippen molar-refractivity contribution in [1.29, 1.82) is 0 Å². The molecule has 1 N–H and O–H groups in total. The van der Waals surface area contributed by atoms with E-state index >= 15 is 0 Å². The summed E-state index contributed by atoms with van der Waals surface area (Å²) < 4.78 is 0. The molecule has 1 heterocycles. The van der Waals surface area contributed by atoms with Crippen LogP contribution < -0.4 is 28.3 Å². The van der Waals surface area contributed by atoms with Crippen LogP contribution in [0.15, 0.2) is 103 Å². The molecule has 4 aromatic rings. The van der Waals surface area contributed by atoms with E-state index in [1.165, 1.54) is 15.9 Å². The Bertz CT molecular complexity index is 814. The lowest BCUT2D eigenvalue weighted by molar-refractivity contribution is -0.00000504. The van der Waals surface area contributed by atoms with E-state index in [1.807, 2.05) is 12.4 Å². The summed E-state index contributed by atoms with van der Waals surface area (Å²) in [5.74, 6) is 1.03. The van der Waals surface area contributed by atoms with E-state index in [1.54, 1.807) is 0 Å². The van der Waals surface area contributed by atoms with E-state index in [-0.39, 0.29) is 12.4 Å². The van der Waals surface area contributed by atoms with Crippen LogP contribution >= 0.6 is 7.26 Å². The highest BCUT2D eigenvalue weighted by Gasteiger charge is 2.46. The predicted molar refractivity (Wildman–Crippen MR) is 107 cm³/mol. The molecule has 0 amide bonds. The average Bonchev–Trinajstić information content (AvgIpc) is 3.21. The third-order valence-corrected chi connectivity index (χ3v) is 8.85. The third-order valence-electron chi connectivity index (χ3n) is 4.53. The molecule has 0 atom stereocenters. The molecule has 0 bridgehead atoms. The van der Waals surface area contributed by atoms with Crippen molar-refractivity contribution in [1.82, 2.24) is 9.97 Å². The largest absolute Gasteiger partial charge is 1.00 e. The summed E-state index contributed by atoms with van der Waals surface area (Å²) in [6.07, 6.45) is 4.63. The summed E-state index contributed by atoms with van der Waals surface area (Å²) in [5, 5.41) is 4.14. The first kappa shape index (κ1) is 18.4. The SMILES string of the molecule is [Cl-].c1ccc([P+](Cc2ncc[nH]2)(c2ccccc2)c2ccccc2)cc1. The zero-order chi connectivity index (χ0) is 17.0. The Morgan fingerprint density at radius 1 is 0.654 bits per heavy atom. The Morgan fingerprint density at radius 3 is 1.42 bits per heavy atom. The number of aromatic nitrogens is 2. The topological polar surface area (TPSA) is 28.7 Å². The van der Waals surface area contributed by atoms with Gasteiger partial charge in [-0.3, -0.25) is 0 Å². The molecule has 1 aromatic heterocycles. The van der Waals surface area contributed by atoms with Crippen molar-refractivity contribution in [2.45, 2.75) is 6.16 Å². The van der Waals surface area contributed by atoms with Crippen molar-refractivity contribution in [2.24, 2.45) is 0 Å². The van der Waals surface area contributed by atoms with Gasteiger partial charge in [0.25, 0.3) is 0 Å². The van der Waals surface area contributed by atoms with Crippen LogP contribution in [0.4, 0.5) is 0 Å². The van der Waals surface area contributed by atoms with Crippen LogP contribution in [0.25, 0.3) is 0 Å². The van der Waals surface area contributed by atoms with Gasteiger partial charge in [0.15, 0.2) is 0 Å². The molecule has 0 unspecified atom stereocenters. The van der Waals surface area contributed by atoms with Crippen molar-refractivity contribution < 1.29 is 12.4 Å². The second-order valence-electron chi connectivity index (χ2n) is 6.01. The van der Waals surface area contributed by atoms with E-state index in [0.29, 0.717) is 0 Å². The van der Waals surface area contributed by atoms with E-state index in [9.17, 15) is 0 Å². The van der Waals surface area contributed by atoms with Crippen molar-refractivity contribution in [3.05, 3.63) is 109 Å². The van der Waals surface area contributed by atoms with Crippen molar-refractivity contribution in [3.63, 3.8) is 0 Å². The maximum atomic E-state index is 4.55. The number of benzene rings is 3. The van der Waals surface area contributed by atoms with E-state index < -0.39 is 7.26 Å². The summed E-state index contributed by atoms with van der Waals surface area (Å²) in [7, 11) is -1.84. The second-order valence-corrected chi connectivity index (χ2v) is 9.50. The van der Waals surface area contributed by atoms with E-state index in [4.69, 9.17) is 0 Å². The van der Waals surface area contributed by atoms with Crippen LogP contribution in [-0.2, 0) is 6.16 Å². The number of H-pyrrole nitrogens is 1. The highest BCUT2D eigenvalue weighted by Crippen LogP contribution is 2.57. The Balaban J connectivity index is 0.00000196. The number of nitrogens with one attached hydrogen (secondary N) is 1. The van der Waals surface area contributed by atoms with Crippen molar-refractivity contribution in [2.75, 3.05) is 0 Å². The van der Waals surface area contributed by atoms with Gasteiger partial charge in [-0.1, -0.05) is 54.6 Å². The molecule has 0 aliphatic rings. The highest BCUT2D eigenvalue weighted by molar-refractivity contribution is 7.95. The lowest BCUT2D eigenvalue weighted by atomic mass is 10.4. The predicted octanol–water partition coefficient (Wildman–Crippen LogP) is 0.908. The van der Waals surface area contributed by atoms with Crippen LogP contribution in [0.3, 0.4) is 0 Å². The highest BCUT2D eigenvalue weighted by atomic mass is 35.5. The molecule has 2 nitrogen and oxygen atoms in total. The molecule has 0 fully saturated rings. The standard InChI is InChI=1S/C22H20N2P.ClH/c1-4-10-19(11-5-1)25(18-22-23-16-17-24-22,20-12-6-2-7-13-20)21-14-8-3-9-15-21;/h1-17H,18H2,(H,23,24);1H/q+1;/p-1. The van der Waals surface area contributed by atoms with Gasteiger partial charge in [0, 0.05) is 12.4 Å². The van der Waals surface area contributed by atoms with Gasteiger partial charge in [0.2, 0.25) is 0 Å². The van der Waals surface area contributed by atoms with Crippen LogP contribution in [0.5, 0.6) is 0 Å². The lowest BCUT2D eigenvalue weighted by Crippen LogP contribution is -3.00. The maximum absolute atomic E-state index is 4.55. The van der Waals surface area contributed by atoms with Crippen molar-refractivity contribution >= 4 is 23.2 Å². The van der Waals surface area contributed by atoms with Crippen LogP contribution in [0.2, 0.25) is 0 Å². The average molecular weight is 379 g/mol. The minimum atomic E-state index is -1.84. The number of rotatable bonds is 5. The van der Waals surface area contributed by atoms with Gasteiger partial charge in [0.1, 0.15) is 35.2 Å². The number of hydrogen-bond donors (Lipinski definition) is 1. The summed E-state index contributed by atoms with van der Waals surface area (Å²) in [6, 6.07) is 32.6. The first-order valence-corrected chi connectivity index (χ1v) is 10.4. The normalized spacial score (nSPS) is 10.9. The molecule has 0 aliphatic heterocycles. The van der Waals surface area contributed by atoms with Crippen molar-refractivity contribution in [3.8, 4) is 0 Å². The summed E-state index contributed by atoms with van der Waals surface area (Å²) >= 11 is 0. The fourth-order valence-electron chi connectivity index (χ4n) is 3.38. The maximum Gasteiger partial charge on any atom is 0.145 e. The first-order valence-electron chi connectivity index (χ1n) is 8.43. The lowest BCUT2D eigenvalue weighted by Gasteiger charge is -2.26. The second kappa shape index (κ2) is 8.31. The molecule has 0 radical (unpaired) electrons. The smallest absolute Gasteiger partial charge is 0.145 e. The van der Waals surface area contributed by atoms with Gasteiger partial charge in [-0.2, -0.15) is 0 Å². The molecule has 0 spiro atoms. The molecule has 0 saturated carbocycles. The molecule has 4 rings (SSSR count). The van der Waals surface area contributed by atoms with Gasteiger partial charge < -0.3 is 17.4 Å². The van der Waals surface area contributed by atoms with Gasteiger partial charge in [0.05, 0.1) is 0 Å². The van der Waals surface area contributed by atoms with Crippen LogP contribution in [0, 0.1) is 0 Å². The zero-order valence-electron chi connectivity index (χ0n) is 14.3. The Hall–Kier alpha value is -2.41. The number of imidazole rings is 1. The Morgan fingerprint density at radius 2 is 1.08 bits per heavy atom. The first-order chi connectivity index (χ1) is 12.4. The monoisotopic (exact) mass is 378 g/mol. The molecular formula is C22H20ClN2P. The molecular weight excluding hydrogens is 359 g/mol. The van der Waals surface area contributed by atoms with Gasteiger partial charge in [-0.25, -0.2) is 4.98 Å². The molecule has 4 heteroatoms. The fraction of sp³-hybridized carbons (Fsp3) is 0.0455. The molecule has 0 saturated heterocycles. The summed E-state index contributed by atoms with van der Waals surface area (Å²) in [6.45, 7) is 0. The van der Waals surface area contributed by atoms with Gasteiger partial charge in [-0.05, 0) is 36.4 Å². The number of halogens is 1. The Kier molecular flexibility index (Phi) is 5.88. The molecule has 130 valence electrons. The van der Waals surface area contributed by atoms with Crippen LogP contribution in [0.1, 0.15) is 5.82 Å². The molecule has 26 heavy (non-hydrogen) atoms. The minimum Gasteiger partial charge on any atom is -1.00 e. The minimum absolute atomic E-state index is 0. The van der Waals surface area contributed by atoms with Crippen LogP contribution in [-0.4, -0.2) is 9.97 Å². The van der Waals surface area contributed by atoms with Gasteiger partial charge >= 0.3 is 0 Å². The number of aromatic amines is 1. The fourth-order valence-corrected chi connectivity index (χ4v) is 7.49. The Labute approximate surface area is 161 Å². The molecule has 0 aliphatic carbocycles. The number of hydrogen-bond acceptors (Lipinski definition) is 1. The van der Waals surface area contributed by atoms with E-state index in [2.05, 4.69) is 101 Å². The zero-order valence-corrected chi connectivity index (χ0v) is 15.9. The summed E-state index contributed by atoms with van der Waals surface area (Å²) in [5.41, 5.74) is 0. The van der Waals surface area contributed by atoms with E-state index in [0.717, 1.165) is 12.0 Å².